The molecule has 21 heavy (non-hydrogen) atoms. The molecule has 0 amide bonds. The second kappa shape index (κ2) is 5.40. The predicted molar refractivity (Wildman–Crippen MR) is 80.9 cm³/mol. The molecule has 1 aromatic heterocycles. The van der Waals surface area contributed by atoms with Gasteiger partial charge in [-0.3, -0.25) is 0 Å². The highest BCUT2D eigenvalue weighted by atomic mass is 16.4. The molecule has 0 saturated carbocycles. The van der Waals surface area contributed by atoms with Crippen molar-refractivity contribution in [3.8, 4) is 0 Å². The quantitative estimate of drug-likeness (QED) is 0.380. The summed E-state index contributed by atoms with van der Waals surface area (Å²) in [6.45, 7) is 3.02. The molecular weight excluding hydrogens is 266 g/mol. The minimum atomic E-state index is 0.0376. The summed E-state index contributed by atoms with van der Waals surface area (Å²) >= 11 is 0. The van der Waals surface area contributed by atoms with Crippen molar-refractivity contribution in [1.82, 2.24) is 10.2 Å². The van der Waals surface area contributed by atoms with E-state index in [2.05, 4.69) is 39.3 Å². The van der Waals surface area contributed by atoms with Crippen LogP contribution in [0.15, 0.2) is 41.7 Å². The molecule has 1 unspecified atom stereocenters. The normalized spacial score (nSPS) is 18.4. The van der Waals surface area contributed by atoms with E-state index in [-0.39, 0.29) is 5.84 Å². The van der Waals surface area contributed by atoms with E-state index >= 15 is 0 Å². The van der Waals surface area contributed by atoms with Crippen LogP contribution < -0.4 is 10.6 Å². The van der Waals surface area contributed by atoms with Gasteiger partial charge in [0.1, 0.15) is 0 Å². The molecule has 2 heterocycles. The van der Waals surface area contributed by atoms with Gasteiger partial charge >= 0.3 is 0 Å². The second-order valence-electron chi connectivity index (χ2n) is 5.30. The van der Waals surface area contributed by atoms with Crippen molar-refractivity contribution in [3.05, 3.63) is 47.7 Å². The third-order valence-corrected chi connectivity index (χ3v) is 3.69. The molecule has 0 spiro atoms. The van der Waals surface area contributed by atoms with Crippen molar-refractivity contribution in [3.63, 3.8) is 0 Å². The van der Waals surface area contributed by atoms with Crippen molar-refractivity contribution in [2.75, 3.05) is 11.4 Å². The van der Waals surface area contributed by atoms with Gasteiger partial charge in [0.2, 0.25) is 0 Å². The van der Waals surface area contributed by atoms with Gasteiger partial charge in [0.05, 0.1) is 11.8 Å². The highest BCUT2D eigenvalue weighted by Crippen LogP contribution is 2.35. The Bertz CT molecular complexity index is 685. The maximum absolute atomic E-state index is 8.95. The van der Waals surface area contributed by atoms with Crippen LogP contribution in [0.2, 0.25) is 0 Å². The number of hydrogen-bond acceptors (Lipinski definition) is 5. The number of benzene rings is 1. The standard InChI is InChI=1S/C15H17N5O/c1-10-8-11-4-2-3-5-13(11)20(9-10)15-12(14(16)19-21)6-7-17-18-15/h2-7,10,21H,8-9H2,1H3,(H2,16,19). The summed E-state index contributed by atoms with van der Waals surface area (Å²) in [5, 5.41) is 20.2. The number of hydrogen-bond donors (Lipinski definition) is 2. The fraction of sp³-hybridized carbons (Fsp3) is 0.267. The van der Waals surface area contributed by atoms with Gasteiger partial charge in [-0.2, -0.15) is 5.10 Å². The maximum atomic E-state index is 8.95. The van der Waals surface area contributed by atoms with E-state index < -0.39 is 0 Å². The molecule has 6 heteroatoms. The van der Waals surface area contributed by atoms with Gasteiger partial charge in [0, 0.05) is 12.2 Å². The van der Waals surface area contributed by atoms with Gasteiger partial charge in [-0.15, -0.1) is 5.10 Å². The average molecular weight is 283 g/mol. The maximum Gasteiger partial charge on any atom is 0.173 e. The number of aromatic nitrogens is 2. The molecule has 108 valence electrons. The summed E-state index contributed by atoms with van der Waals surface area (Å²) in [5.74, 6) is 1.14. The Morgan fingerprint density at radius 1 is 1.38 bits per heavy atom. The van der Waals surface area contributed by atoms with Crippen LogP contribution in [0.3, 0.4) is 0 Å². The number of anilines is 2. The molecular formula is C15H17N5O. The van der Waals surface area contributed by atoms with E-state index in [1.165, 1.54) is 11.8 Å². The van der Waals surface area contributed by atoms with Crippen molar-refractivity contribution in [1.29, 1.82) is 0 Å². The zero-order valence-corrected chi connectivity index (χ0v) is 11.8. The number of rotatable bonds is 2. The molecule has 1 atom stereocenters. The number of nitrogens with two attached hydrogens (primary N) is 1. The molecule has 3 rings (SSSR count). The fourth-order valence-electron chi connectivity index (χ4n) is 2.77. The zero-order valence-electron chi connectivity index (χ0n) is 11.8. The van der Waals surface area contributed by atoms with Crippen LogP contribution in [-0.2, 0) is 6.42 Å². The summed E-state index contributed by atoms with van der Waals surface area (Å²) < 4.78 is 0. The van der Waals surface area contributed by atoms with Gasteiger partial charge in [0.15, 0.2) is 11.7 Å². The third kappa shape index (κ3) is 2.40. The van der Waals surface area contributed by atoms with Crippen molar-refractivity contribution < 1.29 is 5.21 Å². The Labute approximate surface area is 122 Å². The molecule has 1 aliphatic rings. The third-order valence-electron chi connectivity index (χ3n) is 3.69. The van der Waals surface area contributed by atoms with E-state index in [1.807, 2.05) is 12.1 Å². The molecule has 0 radical (unpaired) electrons. The summed E-state index contributed by atoms with van der Waals surface area (Å²) in [5.41, 5.74) is 8.71. The SMILES string of the molecule is CC1Cc2ccccc2N(c2nnccc2/C(N)=N/O)C1. The van der Waals surface area contributed by atoms with Crippen molar-refractivity contribution >= 4 is 17.3 Å². The van der Waals surface area contributed by atoms with E-state index in [1.54, 1.807) is 6.07 Å². The lowest BCUT2D eigenvalue weighted by atomic mass is 9.93. The first-order chi connectivity index (χ1) is 10.2. The number of nitrogens with zero attached hydrogens (tertiary/aromatic N) is 4. The van der Waals surface area contributed by atoms with Gasteiger partial charge in [0.25, 0.3) is 0 Å². The molecule has 3 N–H and O–H groups in total. The van der Waals surface area contributed by atoms with Gasteiger partial charge in [-0.05, 0) is 30.0 Å². The van der Waals surface area contributed by atoms with Crippen LogP contribution in [0.5, 0.6) is 0 Å². The minimum Gasteiger partial charge on any atom is -0.409 e. The van der Waals surface area contributed by atoms with Crippen LogP contribution in [-0.4, -0.2) is 27.8 Å². The fourth-order valence-corrected chi connectivity index (χ4v) is 2.77. The molecule has 0 fully saturated rings. The predicted octanol–water partition coefficient (Wildman–Crippen LogP) is 1.90. The van der Waals surface area contributed by atoms with Crippen LogP contribution in [0.1, 0.15) is 18.1 Å². The summed E-state index contributed by atoms with van der Waals surface area (Å²) in [6, 6.07) is 9.93. The Hall–Kier alpha value is -2.63. The highest BCUT2D eigenvalue weighted by Gasteiger charge is 2.26. The lowest BCUT2D eigenvalue weighted by Gasteiger charge is -2.34. The Morgan fingerprint density at radius 3 is 3.00 bits per heavy atom. The first-order valence-electron chi connectivity index (χ1n) is 6.85. The Balaban J connectivity index is 2.13. The zero-order chi connectivity index (χ0) is 14.8. The largest absolute Gasteiger partial charge is 0.409 e. The van der Waals surface area contributed by atoms with Crippen LogP contribution in [0.4, 0.5) is 11.5 Å². The number of para-hydroxylation sites is 1. The smallest absolute Gasteiger partial charge is 0.173 e. The number of fused-ring (bicyclic) bond motifs is 1. The van der Waals surface area contributed by atoms with Crippen LogP contribution >= 0.6 is 0 Å². The van der Waals surface area contributed by atoms with Gasteiger partial charge in [-0.1, -0.05) is 30.3 Å². The van der Waals surface area contributed by atoms with E-state index in [4.69, 9.17) is 10.9 Å². The van der Waals surface area contributed by atoms with Gasteiger partial charge < -0.3 is 15.8 Å². The Morgan fingerprint density at radius 2 is 2.19 bits per heavy atom. The number of oxime groups is 1. The number of amidine groups is 1. The molecule has 0 bridgehead atoms. The highest BCUT2D eigenvalue weighted by molar-refractivity contribution is 6.02. The molecule has 0 aliphatic carbocycles. The summed E-state index contributed by atoms with van der Waals surface area (Å²) in [7, 11) is 0. The first-order valence-corrected chi connectivity index (χ1v) is 6.85. The van der Waals surface area contributed by atoms with E-state index in [9.17, 15) is 0 Å². The minimum absolute atomic E-state index is 0.0376. The molecule has 2 aromatic rings. The van der Waals surface area contributed by atoms with Crippen LogP contribution in [0, 0.1) is 5.92 Å². The summed E-state index contributed by atoms with van der Waals surface area (Å²) in [4.78, 5) is 2.09. The molecule has 0 saturated heterocycles. The second-order valence-corrected chi connectivity index (χ2v) is 5.30. The molecule has 6 nitrogen and oxygen atoms in total. The van der Waals surface area contributed by atoms with Crippen molar-refractivity contribution in [2.45, 2.75) is 13.3 Å². The van der Waals surface area contributed by atoms with Crippen molar-refractivity contribution in [2.24, 2.45) is 16.8 Å². The lowest BCUT2D eigenvalue weighted by Crippen LogP contribution is -2.33. The lowest BCUT2D eigenvalue weighted by molar-refractivity contribution is 0.318. The van der Waals surface area contributed by atoms with Crippen LogP contribution in [0.25, 0.3) is 0 Å². The molecule has 1 aromatic carbocycles. The Kier molecular flexibility index (Phi) is 3.43. The van der Waals surface area contributed by atoms with E-state index in [0.717, 1.165) is 18.7 Å². The first kappa shape index (κ1) is 13.4. The topological polar surface area (TPSA) is 87.6 Å². The van der Waals surface area contributed by atoms with Gasteiger partial charge in [-0.25, -0.2) is 0 Å². The molecule has 1 aliphatic heterocycles. The summed E-state index contributed by atoms with van der Waals surface area (Å²) in [6.07, 6.45) is 2.57. The average Bonchev–Trinajstić information content (AvgIpc) is 2.53. The van der Waals surface area contributed by atoms with E-state index in [0.29, 0.717) is 17.3 Å². The monoisotopic (exact) mass is 283 g/mol.